The Balaban J connectivity index is 1.48. The molecule has 2 aromatic heterocycles. The second-order valence-electron chi connectivity index (χ2n) is 9.11. The van der Waals surface area contributed by atoms with Gasteiger partial charge >= 0.3 is 0 Å². The third-order valence-electron chi connectivity index (χ3n) is 6.89. The SMILES string of the molecule is Cc1ccc2c(c1)[C@H]1CN(C)CC[C@H]1N2C(=O)c1cn(-c2ccccc2)nc1-c1cccs1. The molecule has 2 aromatic carbocycles. The number of hydrogen-bond acceptors (Lipinski definition) is 4. The molecule has 0 bridgehead atoms. The van der Waals surface area contributed by atoms with Crippen molar-refractivity contribution in [2.75, 3.05) is 25.0 Å². The van der Waals surface area contributed by atoms with E-state index in [0.717, 1.165) is 41.5 Å². The van der Waals surface area contributed by atoms with Crippen molar-refractivity contribution in [3.63, 3.8) is 0 Å². The van der Waals surface area contributed by atoms with E-state index in [1.807, 2.05) is 58.7 Å². The number of benzene rings is 2. The Kier molecular flexibility index (Phi) is 4.93. The van der Waals surface area contributed by atoms with Crippen LogP contribution in [0.15, 0.2) is 72.2 Å². The van der Waals surface area contributed by atoms with Crippen molar-refractivity contribution in [2.45, 2.75) is 25.3 Å². The number of rotatable bonds is 3. The zero-order chi connectivity index (χ0) is 22.5. The van der Waals surface area contributed by atoms with E-state index in [4.69, 9.17) is 5.10 Å². The van der Waals surface area contributed by atoms with Crippen LogP contribution in [0, 0.1) is 6.92 Å². The van der Waals surface area contributed by atoms with E-state index in [0.29, 0.717) is 11.5 Å². The number of anilines is 1. The highest BCUT2D eigenvalue weighted by atomic mass is 32.1. The largest absolute Gasteiger partial charge is 0.306 e. The quantitative estimate of drug-likeness (QED) is 0.419. The van der Waals surface area contributed by atoms with Gasteiger partial charge in [0, 0.05) is 30.4 Å². The maximum Gasteiger partial charge on any atom is 0.262 e. The zero-order valence-electron chi connectivity index (χ0n) is 18.8. The highest BCUT2D eigenvalue weighted by Gasteiger charge is 2.44. The Hall–Kier alpha value is -3.22. The molecule has 1 fully saturated rings. The summed E-state index contributed by atoms with van der Waals surface area (Å²) in [7, 11) is 2.18. The molecule has 0 saturated carbocycles. The minimum Gasteiger partial charge on any atom is -0.306 e. The number of nitrogens with zero attached hydrogens (tertiary/aromatic N) is 4. The lowest BCUT2D eigenvalue weighted by atomic mass is 9.88. The lowest BCUT2D eigenvalue weighted by Gasteiger charge is -2.36. The molecule has 6 rings (SSSR count). The van der Waals surface area contributed by atoms with Crippen LogP contribution in [0.2, 0.25) is 0 Å². The molecule has 4 heterocycles. The van der Waals surface area contributed by atoms with Gasteiger partial charge in [0.15, 0.2) is 0 Å². The average molecular weight is 455 g/mol. The minimum atomic E-state index is 0.0442. The number of thiophene rings is 1. The third kappa shape index (κ3) is 3.41. The molecule has 166 valence electrons. The van der Waals surface area contributed by atoms with Crippen LogP contribution in [-0.4, -0.2) is 46.8 Å². The first-order valence-corrected chi connectivity index (χ1v) is 12.3. The van der Waals surface area contributed by atoms with E-state index in [2.05, 4.69) is 42.0 Å². The topological polar surface area (TPSA) is 41.4 Å². The molecule has 2 aliphatic heterocycles. The maximum absolute atomic E-state index is 14.3. The molecule has 2 aliphatic rings. The number of piperidine rings is 1. The number of fused-ring (bicyclic) bond motifs is 3. The second kappa shape index (κ2) is 7.97. The number of para-hydroxylation sites is 1. The van der Waals surface area contributed by atoms with Gasteiger partial charge in [-0.1, -0.05) is 42.0 Å². The summed E-state index contributed by atoms with van der Waals surface area (Å²) in [6.45, 7) is 4.11. The molecule has 6 heteroatoms. The number of aryl methyl sites for hydroxylation is 1. The number of aromatic nitrogens is 2. The van der Waals surface area contributed by atoms with Crippen LogP contribution >= 0.6 is 11.3 Å². The summed E-state index contributed by atoms with van der Waals surface area (Å²) >= 11 is 1.62. The zero-order valence-corrected chi connectivity index (χ0v) is 19.6. The highest BCUT2D eigenvalue weighted by Crippen LogP contribution is 2.46. The fraction of sp³-hybridized carbons (Fsp3) is 0.259. The van der Waals surface area contributed by atoms with Gasteiger partial charge in [-0.25, -0.2) is 4.68 Å². The van der Waals surface area contributed by atoms with E-state index in [1.54, 1.807) is 11.3 Å². The Morgan fingerprint density at radius 3 is 2.73 bits per heavy atom. The summed E-state index contributed by atoms with van der Waals surface area (Å²) in [6.07, 6.45) is 2.88. The van der Waals surface area contributed by atoms with Crippen LogP contribution in [0.25, 0.3) is 16.3 Å². The summed E-state index contributed by atoms with van der Waals surface area (Å²) in [5.74, 6) is 0.389. The molecule has 1 amide bonds. The molecule has 4 aromatic rings. The Morgan fingerprint density at radius 2 is 1.94 bits per heavy atom. The van der Waals surface area contributed by atoms with Gasteiger partial charge in [-0.05, 0) is 62.1 Å². The molecule has 0 aliphatic carbocycles. The van der Waals surface area contributed by atoms with Gasteiger partial charge in [0.2, 0.25) is 0 Å². The number of amides is 1. The van der Waals surface area contributed by atoms with Crippen LogP contribution < -0.4 is 4.90 Å². The summed E-state index contributed by atoms with van der Waals surface area (Å²) < 4.78 is 1.83. The first kappa shape index (κ1) is 20.4. The number of carbonyl (C=O) groups is 1. The Labute approximate surface area is 197 Å². The molecule has 0 N–H and O–H groups in total. The number of likely N-dealkylation sites (tertiary alicyclic amines) is 1. The highest BCUT2D eigenvalue weighted by molar-refractivity contribution is 7.13. The smallest absolute Gasteiger partial charge is 0.262 e. The lowest BCUT2D eigenvalue weighted by Crippen LogP contribution is -2.47. The van der Waals surface area contributed by atoms with Crippen molar-refractivity contribution in [1.82, 2.24) is 14.7 Å². The monoisotopic (exact) mass is 454 g/mol. The van der Waals surface area contributed by atoms with Crippen LogP contribution in [0.5, 0.6) is 0 Å². The minimum absolute atomic E-state index is 0.0442. The van der Waals surface area contributed by atoms with Gasteiger partial charge in [0.25, 0.3) is 5.91 Å². The van der Waals surface area contributed by atoms with E-state index in [1.165, 1.54) is 11.1 Å². The van der Waals surface area contributed by atoms with E-state index in [-0.39, 0.29) is 11.9 Å². The van der Waals surface area contributed by atoms with Crippen molar-refractivity contribution >= 4 is 22.9 Å². The van der Waals surface area contributed by atoms with E-state index < -0.39 is 0 Å². The predicted molar refractivity (Wildman–Crippen MR) is 134 cm³/mol. The molecule has 1 saturated heterocycles. The lowest BCUT2D eigenvalue weighted by molar-refractivity contribution is 0.0965. The molecule has 5 nitrogen and oxygen atoms in total. The standard InChI is InChI=1S/C27H26N4OS/c1-18-10-11-23-20(15-18)21-16-29(2)13-12-24(21)31(23)27(32)22-17-30(19-7-4-3-5-8-19)28-26(22)25-9-6-14-33-25/h3-11,14-15,17,21,24H,12-13,16H2,1-2H3/t21-,24-/m1/s1. The van der Waals surface area contributed by atoms with Gasteiger partial charge in [0.05, 0.1) is 16.1 Å². The molecular weight excluding hydrogens is 428 g/mol. The molecule has 0 unspecified atom stereocenters. The van der Waals surface area contributed by atoms with Crippen molar-refractivity contribution < 1.29 is 4.79 Å². The summed E-state index contributed by atoms with van der Waals surface area (Å²) in [5, 5.41) is 6.91. The fourth-order valence-electron chi connectivity index (χ4n) is 5.31. The van der Waals surface area contributed by atoms with Gasteiger partial charge in [-0.3, -0.25) is 4.79 Å². The van der Waals surface area contributed by atoms with Crippen LogP contribution in [0.3, 0.4) is 0 Å². The van der Waals surface area contributed by atoms with Crippen LogP contribution in [0.1, 0.15) is 33.8 Å². The van der Waals surface area contributed by atoms with Crippen molar-refractivity contribution in [3.05, 3.63) is 88.9 Å². The fourth-order valence-corrected chi connectivity index (χ4v) is 6.04. The van der Waals surface area contributed by atoms with Gasteiger partial charge in [0.1, 0.15) is 5.69 Å². The predicted octanol–water partition coefficient (Wildman–Crippen LogP) is 5.36. The normalized spacial score (nSPS) is 20.0. The number of carbonyl (C=O) groups excluding carboxylic acids is 1. The molecule has 33 heavy (non-hydrogen) atoms. The van der Waals surface area contributed by atoms with Crippen molar-refractivity contribution in [1.29, 1.82) is 0 Å². The molecule has 2 atom stereocenters. The van der Waals surface area contributed by atoms with E-state index >= 15 is 0 Å². The second-order valence-corrected chi connectivity index (χ2v) is 10.1. The molecule has 0 radical (unpaired) electrons. The van der Waals surface area contributed by atoms with Gasteiger partial charge in [-0.15, -0.1) is 11.3 Å². The molecule has 0 spiro atoms. The Morgan fingerprint density at radius 1 is 1.09 bits per heavy atom. The van der Waals surface area contributed by atoms with Crippen LogP contribution in [-0.2, 0) is 0 Å². The summed E-state index contributed by atoms with van der Waals surface area (Å²) in [4.78, 5) is 19.7. The van der Waals surface area contributed by atoms with Crippen molar-refractivity contribution in [3.8, 4) is 16.3 Å². The van der Waals surface area contributed by atoms with E-state index in [9.17, 15) is 4.79 Å². The van der Waals surface area contributed by atoms with Gasteiger partial charge < -0.3 is 9.80 Å². The number of hydrogen-bond donors (Lipinski definition) is 0. The first-order valence-electron chi connectivity index (χ1n) is 11.4. The number of likely N-dealkylation sites (N-methyl/N-ethyl adjacent to an activating group) is 1. The Bertz CT molecular complexity index is 1310. The maximum atomic E-state index is 14.3. The average Bonchev–Trinajstić information content (AvgIpc) is 3.56. The van der Waals surface area contributed by atoms with Gasteiger partial charge in [-0.2, -0.15) is 5.10 Å². The van der Waals surface area contributed by atoms with Crippen LogP contribution in [0.4, 0.5) is 5.69 Å². The molecular formula is C27H26N4OS. The summed E-state index contributed by atoms with van der Waals surface area (Å²) in [5.41, 5.74) is 5.96. The first-order chi connectivity index (χ1) is 16.1. The third-order valence-corrected chi connectivity index (χ3v) is 7.77. The van der Waals surface area contributed by atoms with Crippen molar-refractivity contribution in [2.24, 2.45) is 0 Å². The summed E-state index contributed by atoms with van der Waals surface area (Å²) in [6, 6.07) is 20.8.